The lowest BCUT2D eigenvalue weighted by atomic mass is 9.96. The summed E-state index contributed by atoms with van der Waals surface area (Å²) in [6.07, 6.45) is 0. The summed E-state index contributed by atoms with van der Waals surface area (Å²) in [5, 5.41) is 21.0. The molecule has 0 aliphatic carbocycles. The van der Waals surface area contributed by atoms with E-state index >= 15 is 0 Å². The summed E-state index contributed by atoms with van der Waals surface area (Å²) in [6.45, 7) is 3.58. The normalized spacial score (nSPS) is 10.4. The van der Waals surface area contributed by atoms with Crippen LogP contribution in [0.2, 0.25) is 0 Å². The summed E-state index contributed by atoms with van der Waals surface area (Å²) in [5.74, 6) is 1.40. The smallest absolute Gasteiger partial charge is 0.172 e. The highest BCUT2D eigenvalue weighted by molar-refractivity contribution is 5.89. The van der Waals surface area contributed by atoms with Crippen molar-refractivity contribution in [3.63, 3.8) is 0 Å². The quantitative estimate of drug-likeness (QED) is 0.872. The van der Waals surface area contributed by atoms with Crippen molar-refractivity contribution in [3.05, 3.63) is 23.3 Å². The van der Waals surface area contributed by atoms with Gasteiger partial charge < -0.3 is 29.2 Å². The van der Waals surface area contributed by atoms with Crippen molar-refractivity contribution in [1.82, 2.24) is 0 Å². The van der Waals surface area contributed by atoms with Gasteiger partial charge in [-0.15, -0.1) is 0 Å². The second-order valence-corrected chi connectivity index (χ2v) is 5.31. The highest BCUT2D eigenvalue weighted by Crippen LogP contribution is 2.54. The topological polar surface area (TPSA) is 77.4 Å². The molecule has 0 radical (unpaired) electrons. The van der Waals surface area contributed by atoms with Crippen LogP contribution in [0.4, 0.5) is 0 Å². The number of aryl methyl sites for hydroxylation is 2. The van der Waals surface area contributed by atoms with Gasteiger partial charge in [0.1, 0.15) is 11.5 Å². The Kier molecular flexibility index (Phi) is 4.97. The first-order chi connectivity index (χ1) is 11.4. The minimum Gasteiger partial charge on any atom is -0.507 e. The molecule has 0 spiro atoms. The van der Waals surface area contributed by atoms with Crippen molar-refractivity contribution >= 4 is 0 Å². The number of hydrogen-bond donors (Lipinski definition) is 2. The molecular weight excluding hydrogens is 312 g/mol. The van der Waals surface area contributed by atoms with Gasteiger partial charge in [0.05, 0.1) is 39.6 Å². The molecule has 0 heterocycles. The number of rotatable bonds is 5. The van der Waals surface area contributed by atoms with Crippen LogP contribution < -0.4 is 18.9 Å². The highest BCUT2D eigenvalue weighted by atomic mass is 16.5. The van der Waals surface area contributed by atoms with E-state index in [-0.39, 0.29) is 22.6 Å². The largest absolute Gasteiger partial charge is 0.507 e. The molecule has 0 aliphatic rings. The Hall–Kier alpha value is -2.76. The number of benzene rings is 2. The molecule has 0 amide bonds. The van der Waals surface area contributed by atoms with Crippen molar-refractivity contribution in [3.8, 4) is 45.6 Å². The van der Waals surface area contributed by atoms with Gasteiger partial charge in [0, 0.05) is 0 Å². The van der Waals surface area contributed by atoms with Crippen molar-refractivity contribution in [2.45, 2.75) is 13.8 Å². The predicted molar refractivity (Wildman–Crippen MR) is 90.9 cm³/mol. The number of aromatic hydroxyl groups is 2. The molecule has 2 aromatic rings. The SMILES string of the molecule is COc1c(C)cc(O)c(-c2c(O)cc(C)c(OC)c2OC)c1OC. The lowest BCUT2D eigenvalue weighted by molar-refractivity contribution is 0.345. The third-order valence-corrected chi connectivity index (χ3v) is 3.87. The van der Waals surface area contributed by atoms with E-state index in [1.807, 2.05) is 0 Å². The molecule has 130 valence electrons. The van der Waals surface area contributed by atoms with Gasteiger partial charge in [-0.1, -0.05) is 0 Å². The van der Waals surface area contributed by atoms with E-state index in [2.05, 4.69) is 0 Å². The molecule has 2 N–H and O–H groups in total. The lowest BCUT2D eigenvalue weighted by Gasteiger charge is -2.21. The number of methoxy groups -OCH3 is 4. The first kappa shape index (κ1) is 17.6. The summed E-state index contributed by atoms with van der Waals surface area (Å²) in [7, 11) is 5.96. The molecule has 6 heteroatoms. The molecule has 2 rings (SSSR count). The second-order valence-electron chi connectivity index (χ2n) is 5.31. The number of phenolic OH excluding ortho intramolecular Hbond substituents is 2. The van der Waals surface area contributed by atoms with Crippen molar-refractivity contribution in [2.75, 3.05) is 28.4 Å². The summed E-state index contributed by atoms with van der Waals surface area (Å²) in [6, 6.07) is 3.09. The molecule has 0 unspecified atom stereocenters. The first-order valence-electron chi connectivity index (χ1n) is 7.30. The molecule has 0 fully saturated rings. The molecule has 6 nitrogen and oxygen atoms in total. The third kappa shape index (κ3) is 2.64. The number of hydrogen-bond acceptors (Lipinski definition) is 6. The van der Waals surface area contributed by atoms with E-state index < -0.39 is 0 Å². The molecule has 0 saturated heterocycles. The van der Waals surface area contributed by atoms with Gasteiger partial charge in [0.25, 0.3) is 0 Å². The molecule has 24 heavy (non-hydrogen) atoms. The van der Waals surface area contributed by atoms with Crippen LogP contribution in [0.5, 0.6) is 34.5 Å². The van der Waals surface area contributed by atoms with Crippen molar-refractivity contribution in [2.24, 2.45) is 0 Å². The Balaban J connectivity index is 2.97. The Morgan fingerprint density at radius 2 is 0.875 bits per heavy atom. The standard InChI is InChI=1S/C18H22O6/c1-9-7-11(19)13(17(23-5)15(9)21-3)14-12(20)8-10(2)16(22-4)18(14)24-6/h7-8,19-20H,1-6H3. The van der Waals surface area contributed by atoms with Crippen LogP contribution in [-0.4, -0.2) is 38.7 Å². The molecule has 0 bridgehead atoms. The van der Waals surface area contributed by atoms with Gasteiger partial charge >= 0.3 is 0 Å². The Bertz CT molecular complexity index is 702. The van der Waals surface area contributed by atoms with Gasteiger partial charge in [-0.3, -0.25) is 0 Å². The zero-order valence-electron chi connectivity index (χ0n) is 14.7. The molecule has 0 saturated carbocycles. The first-order valence-corrected chi connectivity index (χ1v) is 7.30. The average Bonchev–Trinajstić information content (AvgIpc) is 2.54. The summed E-state index contributed by atoms with van der Waals surface area (Å²) >= 11 is 0. The fourth-order valence-corrected chi connectivity index (χ4v) is 2.88. The highest BCUT2D eigenvalue weighted by Gasteiger charge is 2.27. The summed E-state index contributed by atoms with van der Waals surface area (Å²) < 4.78 is 21.7. The minimum atomic E-state index is -0.0651. The fraction of sp³-hybridized carbons (Fsp3) is 0.333. The maximum Gasteiger partial charge on any atom is 0.172 e. The van der Waals surface area contributed by atoms with E-state index in [1.54, 1.807) is 26.0 Å². The molecule has 2 aromatic carbocycles. The summed E-state index contributed by atoms with van der Waals surface area (Å²) in [4.78, 5) is 0. The average molecular weight is 334 g/mol. The fourth-order valence-electron chi connectivity index (χ4n) is 2.88. The van der Waals surface area contributed by atoms with Crippen LogP contribution in [0.15, 0.2) is 12.1 Å². The van der Waals surface area contributed by atoms with E-state index in [9.17, 15) is 10.2 Å². The molecule has 0 atom stereocenters. The Morgan fingerprint density at radius 3 is 1.12 bits per heavy atom. The third-order valence-electron chi connectivity index (χ3n) is 3.87. The van der Waals surface area contributed by atoms with Gasteiger partial charge in [-0.2, -0.15) is 0 Å². The Morgan fingerprint density at radius 1 is 0.583 bits per heavy atom. The van der Waals surface area contributed by atoms with Gasteiger partial charge in [-0.05, 0) is 37.1 Å². The van der Waals surface area contributed by atoms with E-state index in [1.165, 1.54) is 28.4 Å². The minimum absolute atomic E-state index is 0.0651. The van der Waals surface area contributed by atoms with Gasteiger partial charge in [0.2, 0.25) is 0 Å². The molecule has 0 aromatic heterocycles. The van der Waals surface area contributed by atoms with E-state index in [4.69, 9.17) is 18.9 Å². The van der Waals surface area contributed by atoms with Crippen LogP contribution in [0.3, 0.4) is 0 Å². The monoisotopic (exact) mass is 334 g/mol. The number of phenols is 2. The summed E-state index contributed by atoms with van der Waals surface area (Å²) in [5.41, 5.74) is 1.95. The van der Waals surface area contributed by atoms with Gasteiger partial charge in [-0.25, -0.2) is 0 Å². The molecular formula is C18H22O6. The van der Waals surface area contributed by atoms with E-state index in [0.717, 1.165) is 0 Å². The van der Waals surface area contributed by atoms with Crippen LogP contribution in [0, 0.1) is 13.8 Å². The zero-order valence-corrected chi connectivity index (χ0v) is 14.7. The Labute approximate surface area is 141 Å². The van der Waals surface area contributed by atoms with Crippen LogP contribution >= 0.6 is 0 Å². The maximum atomic E-state index is 10.5. The van der Waals surface area contributed by atoms with Crippen molar-refractivity contribution in [1.29, 1.82) is 0 Å². The zero-order chi connectivity index (χ0) is 18.0. The van der Waals surface area contributed by atoms with Crippen LogP contribution in [-0.2, 0) is 0 Å². The second kappa shape index (κ2) is 6.78. The van der Waals surface area contributed by atoms with Crippen LogP contribution in [0.25, 0.3) is 11.1 Å². The van der Waals surface area contributed by atoms with Crippen LogP contribution in [0.1, 0.15) is 11.1 Å². The lowest BCUT2D eigenvalue weighted by Crippen LogP contribution is -2.00. The molecule has 0 aliphatic heterocycles. The maximum absolute atomic E-state index is 10.5. The van der Waals surface area contributed by atoms with Crippen molar-refractivity contribution < 1.29 is 29.2 Å². The van der Waals surface area contributed by atoms with Gasteiger partial charge in [0.15, 0.2) is 23.0 Å². The van der Waals surface area contributed by atoms with E-state index in [0.29, 0.717) is 34.1 Å². The number of ether oxygens (including phenoxy) is 4. The predicted octanol–water partition coefficient (Wildman–Crippen LogP) is 3.42.